The molecule has 4 aromatic rings. The minimum absolute atomic E-state index is 0.00437. The Bertz CT molecular complexity index is 1140. The van der Waals surface area contributed by atoms with Gasteiger partial charge in [-0.2, -0.15) is 5.10 Å². The number of hydrogen-bond donors (Lipinski definition) is 4. The highest BCUT2D eigenvalue weighted by Crippen LogP contribution is 2.35. The van der Waals surface area contributed by atoms with Gasteiger partial charge in [0, 0.05) is 26.7 Å². The molecule has 0 saturated carbocycles. The number of rotatable bonds is 4. The van der Waals surface area contributed by atoms with Crippen molar-refractivity contribution >= 4 is 49.7 Å². The molecule has 6 N–H and O–H groups in total. The van der Waals surface area contributed by atoms with Crippen LogP contribution in [0.25, 0.3) is 21.0 Å². The van der Waals surface area contributed by atoms with E-state index in [0.29, 0.717) is 0 Å². The fourth-order valence-corrected chi connectivity index (χ4v) is 3.85. The molecule has 130 valence electrons. The molecule has 0 amide bonds. The summed E-state index contributed by atoms with van der Waals surface area (Å²) in [6, 6.07) is 15.4. The Morgan fingerprint density at radius 1 is 1.15 bits per heavy atom. The Morgan fingerprint density at radius 2 is 2.04 bits per heavy atom. The third kappa shape index (κ3) is 2.83. The first-order valence-corrected chi connectivity index (χ1v) is 8.89. The molecule has 0 saturated heterocycles. The molecular formula is C19H17N5OS. The molecule has 0 spiro atoms. The largest absolute Gasteiger partial charge is 0.392 e. The molecule has 0 radical (unpaired) electrons. The summed E-state index contributed by atoms with van der Waals surface area (Å²) in [4.78, 5) is 4.79. The predicted octanol–water partition coefficient (Wildman–Crippen LogP) is 3.26. The molecule has 0 atom stereocenters. The zero-order valence-electron chi connectivity index (χ0n) is 13.8. The van der Waals surface area contributed by atoms with Crippen molar-refractivity contribution in [1.29, 1.82) is 0 Å². The van der Waals surface area contributed by atoms with Gasteiger partial charge < -0.3 is 22.0 Å². The number of aliphatic hydroxyl groups excluding tert-OH is 1. The summed E-state index contributed by atoms with van der Waals surface area (Å²) in [5.74, 6) is 6.32. The average Bonchev–Trinajstić information content (AvgIpc) is 3.17. The Kier molecular flexibility index (Phi) is 4.16. The maximum atomic E-state index is 9.34. The van der Waals surface area contributed by atoms with E-state index in [0.717, 1.165) is 43.6 Å². The number of nitrogens with two attached hydrogens (primary N) is 2. The molecule has 6 nitrogen and oxygen atoms in total. The lowest BCUT2D eigenvalue weighted by molar-refractivity contribution is 0.282. The first-order chi connectivity index (χ1) is 12.7. The van der Waals surface area contributed by atoms with Gasteiger partial charge in [-0.1, -0.05) is 24.3 Å². The first kappa shape index (κ1) is 16.3. The van der Waals surface area contributed by atoms with Crippen LogP contribution in [0.5, 0.6) is 0 Å². The standard InChI is InChI=1S/C19H17N5OS/c20-18(24-21)12-4-5-14-16(9-12)23-19(15-6-7-26-17(14)15)22-13-3-1-2-11(8-13)10-25/h1-9,25H,10,21H2,(H2,20,24)(H,22,23). The number of anilines is 2. The fraction of sp³-hybridized carbons (Fsp3) is 0.0526. The Balaban J connectivity index is 1.87. The summed E-state index contributed by atoms with van der Waals surface area (Å²) < 4.78 is 1.14. The molecule has 0 bridgehead atoms. The third-order valence-corrected chi connectivity index (χ3v) is 5.15. The van der Waals surface area contributed by atoms with E-state index < -0.39 is 0 Å². The molecule has 2 aromatic carbocycles. The molecule has 4 rings (SSSR count). The van der Waals surface area contributed by atoms with Gasteiger partial charge in [0.25, 0.3) is 0 Å². The topological polar surface area (TPSA) is 110 Å². The minimum atomic E-state index is -0.00437. The van der Waals surface area contributed by atoms with E-state index in [1.165, 1.54) is 0 Å². The molecule has 0 fully saturated rings. The van der Waals surface area contributed by atoms with Crippen molar-refractivity contribution < 1.29 is 5.11 Å². The quantitative estimate of drug-likeness (QED) is 0.193. The van der Waals surface area contributed by atoms with Gasteiger partial charge in [0.05, 0.1) is 12.1 Å². The van der Waals surface area contributed by atoms with E-state index in [2.05, 4.69) is 10.4 Å². The number of thiophene rings is 1. The molecule has 26 heavy (non-hydrogen) atoms. The van der Waals surface area contributed by atoms with Crippen LogP contribution in [0.4, 0.5) is 11.5 Å². The van der Waals surface area contributed by atoms with E-state index in [4.69, 9.17) is 16.6 Å². The van der Waals surface area contributed by atoms with Crippen molar-refractivity contribution in [1.82, 2.24) is 4.98 Å². The Labute approximate surface area is 153 Å². The molecule has 2 heterocycles. The summed E-state index contributed by atoms with van der Waals surface area (Å²) in [6.45, 7) is -0.00437. The molecule has 0 unspecified atom stereocenters. The van der Waals surface area contributed by atoms with Crippen LogP contribution in [0.15, 0.2) is 59.0 Å². The Hall–Kier alpha value is -3.16. The smallest absolute Gasteiger partial charge is 0.150 e. The van der Waals surface area contributed by atoms with Crippen LogP contribution in [-0.2, 0) is 6.61 Å². The van der Waals surface area contributed by atoms with Crippen molar-refractivity contribution in [3.63, 3.8) is 0 Å². The number of hydrazone groups is 1. The normalized spacial score (nSPS) is 12.0. The van der Waals surface area contributed by atoms with Gasteiger partial charge in [0.2, 0.25) is 0 Å². The number of pyridine rings is 1. The van der Waals surface area contributed by atoms with Crippen LogP contribution in [0.2, 0.25) is 0 Å². The van der Waals surface area contributed by atoms with E-state index >= 15 is 0 Å². The molecule has 7 heteroatoms. The summed E-state index contributed by atoms with van der Waals surface area (Å²) in [5.41, 5.74) is 9.08. The highest BCUT2D eigenvalue weighted by atomic mass is 32.1. The van der Waals surface area contributed by atoms with Gasteiger partial charge >= 0.3 is 0 Å². The molecular weight excluding hydrogens is 346 g/mol. The predicted molar refractivity (Wildman–Crippen MR) is 108 cm³/mol. The SMILES string of the molecule is N/N=C(\N)c1ccc2c(c1)nc(Nc1cccc(CO)c1)c1ccsc12. The lowest BCUT2D eigenvalue weighted by Crippen LogP contribution is -2.15. The number of amidine groups is 1. The van der Waals surface area contributed by atoms with Crippen molar-refractivity contribution in [3.05, 3.63) is 65.0 Å². The fourth-order valence-electron chi connectivity index (χ4n) is 2.91. The van der Waals surface area contributed by atoms with Crippen molar-refractivity contribution in [2.24, 2.45) is 16.7 Å². The van der Waals surface area contributed by atoms with Gasteiger partial charge in [0.1, 0.15) is 11.7 Å². The summed E-state index contributed by atoms with van der Waals surface area (Å²) >= 11 is 1.66. The van der Waals surface area contributed by atoms with Crippen LogP contribution in [0.1, 0.15) is 11.1 Å². The second-order valence-electron chi connectivity index (χ2n) is 5.85. The summed E-state index contributed by atoms with van der Waals surface area (Å²) in [7, 11) is 0. The number of fused-ring (bicyclic) bond motifs is 3. The zero-order valence-corrected chi connectivity index (χ0v) is 14.6. The lowest BCUT2D eigenvalue weighted by atomic mass is 10.1. The first-order valence-electron chi connectivity index (χ1n) is 8.01. The number of aliphatic hydroxyl groups is 1. The second kappa shape index (κ2) is 6.62. The van der Waals surface area contributed by atoms with E-state index in [9.17, 15) is 5.11 Å². The highest BCUT2D eigenvalue weighted by Gasteiger charge is 2.11. The maximum absolute atomic E-state index is 9.34. The highest BCUT2D eigenvalue weighted by molar-refractivity contribution is 7.18. The number of aromatic nitrogens is 1. The van der Waals surface area contributed by atoms with Crippen LogP contribution in [-0.4, -0.2) is 15.9 Å². The van der Waals surface area contributed by atoms with Gasteiger partial charge in [-0.15, -0.1) is 11.3 Å². The number of benzene rings is 2. The minimum Gasteiger partial charge on any atom is -0.392 e. The van der Waals surface area contributed by atoms with Crippen molar-refractivity contribution in [3.8, 4) is 0 Å². The Morgan fingerprint density at radius 3 is 2.85 bits per heavy atom. The van der Waals surface area contributed by atoms with E-state index in [-0.39, 0.29) is 12.4 Å². The third-order valence-electron chi connectivity index (χ3n) is 4.20. The molecule has 2 aromatic heterocycles. The lowest BCUT2D eigenvalue weighted by Gasteiger charge is -2.11. The van der Waals surface area contributed by atoms with E-state index in [1.54, 1.807) is 11.3 Å². The monoisotopic (exact) mass is 363 g/mol. The number of nitrogens with zero attached hydrogens (tertiary/aromatic N) is 2. The van der Waals surface area contributed by atoms with Crippen LogP contribution in [0, 0.1) is 0 Å². The van der Waals surface area contributed by atoms with Gasteiger partial charge in [0.15, 0.2) is 0 Å². The summed E-state index contributed by atoms with van der Waals surface area (Å²) in [5, 5.41) is 20.4. The summed E-state index contributed by atoms with van der Waals surface area (Å²) in [6.07, 6.45) is 0. The molecule has 0 aliphatic rings. The molecule has 0 aliphatic heterocycles. The van der Waals surface area contributed by atoms with Gasteiger partial charge in [-0.05, 0) is 35.2 Å². The van der Waals surface area contributed by atoms with Crippen molar-refractivity contribution in [2.45, 2.75) is 6.61 Å². The van der Waals surface area contributed by atoms with Crippen molar-refractivity contribution in [2.75, 3.05) is 5.32 Å². The molecule has 0 aliphatic carbocycles. The van der Waals surface area contributed by atoms with Crippen LogP contribution < -0.4 is 16.9 Å². The van der Waals surface area contributed by atoms with Gasteiger partial charge in [-0.3, -0.25) is 0 Å². The zero-order chi connectivity index (χ0) is 18.1. The van der Waals surface area contributed by atoms with Gasteiger partial charge in [-0.25, -0.2) is 4.98 Å². The maximum Gasteiger partial charge on any atom is 0.150 e. The van der Waals surface area contributed by atoms with E-state index in [1.807, 2.05) is 53.9 Å². The number of nitrogens with one attached hydrogen (secondary N) is 1. The van der Waals surface area contributed by atoms with Crippen LogP contribution >= 0.6 is 11.3 Å². The van der Waals surface area contributed by atoms with Crippen LogP contribution in [0.3, 0.4) is 0 Å². The second-order valence-corrected chi connectivity index (χ2v) is 6.77. The average molecular weight is 363 g/mol. The number of hydrogen-bond acceptors (Lipinski definition) is 6.